The van der Waals surface area contributed by atoms with Crippen LogP contribution in [0.25, 0.3) is 12.2 Å². The Bertz CT molecular complexity index is 2030. The number of aliphatic hydroxyl groups is 1. The van der Waals surface area contributed by atoms with E-state index in [-0.39, 0.29) is 43.0 Å². The Hall–Kier alpha value is -5.54. The smallest absolute Gasteiger partial charge is 0.238 e. The fourth-order valence-corrected chi connectivity index (χ4v) is 7.89. The van der Waals surface area contributed by atoms with Crippen LogP contribution in [0.4, 0.5) is 5.69 Å². The van der Waals surface area contributed by atoms with E-state index in [1.807, 2.05) is 66.8 Å². The monoisotopic (exact) mass is 671 g/mol. The van der Waals surface area contributed by atoms with Gasteiger partial charge < -0.3 is 19.3 Å². The molecule has 1 aliphatic heterocycles. The number of ether oxygens (including phenoxy) is 3. The van der Waals surface area contributed by atoms with Crippen LogP contribution in [0.3, 0.4) is 0 Å². The van der Waals surface area contributed by atoms with Crippen LogP contribution in [0.5, 0.6) is 17.2 Å². The minimum atomic E-state index is -0.696. The fourth-order valence-electron chi connectivity index (χ4n) is 7.89. The maximum absolute atomic E-state index is 14.4. The molecule has 3 aromatic carbocycles. The summed E-state index contributed by atoms with van der Waals surface area (Å²) in [6, 6.07) is 20.0. The highest BCUT2D eigenvalue weighted by Gasteiger charge is 2.56. The van der Waals surface area contributed by atoms with E-state index in [2.05, 4.69) is 0 Å². The lowest BCUT2D eigenvalue weighted by atomic mass is 9.59. The molecule has 4 atom stereocenters. The number of fused-ring (bicyclic) bond motifs is 3. The quantitative estimate of drug-likeness (QED) is 0.130. The zero-order valence-corrected chi connectivity index (χ0v) is 28.1. The molecule has 9 nitrogen and oxygen atoms in total. The number of rotatable bonds is 9. The lowest BCUT2D eigenvalue weighted by Gasteiger charge is -2.42. The van der Waals surface area contributed by atoms with Gasteiger partial charge in [0.1, 0.15) is 23.9 Å². The molecule has 4 aliphatic rings. The molecule has 0 unspecified atom stereocenters. The highest BCUT2D eigenvalue weighted by atomic mass is 16.5. The number of aliphatic hydroxyl groups excluding tert-OH is 1. The second-order valence-electron chi connectivity index (χ2n) is 12.9. The lowest BCUT2D eigenvalue weighted by Crippen LogP contribution is -2.40. The van der Waals surface area contributed by atoms with Crippen LogP contribution in [0.1, 0.15) is 42.4 Å². The van der Waals surface area contributed by atoms with Gasteiger partial charge >= 0.3 is 0 Å². The van der Waals surface area contributed by atoms with Crippen LogP contribution < -0.4 is 19.1 Å². The van der Waals surface area contributed by atoms with Gasteiger partial charge in [0.05, 0.1) is 38.3 Å². The second kappa shape index (κ2) is 13.4. The minimum absolute atomic E-state index is 0.0560. The number of hydrogen-bond donors (Lipinski definition) is 1. The average Bonchev–Trinajstić information content (AvgIpc) is 3.40. The van der Waals surface area contributed by atoms with E-state index in [1.165, 1.54) is 11.0 Å². The maximum atomic E-state index is 14.4. The molecule has 7 rings (SSSR count). The van der Waals surface area contributed by atoms with E-state index in [1.54, 1.807) is 39.3 Å². The van der Waals surface area contributed by atoms with Gasteiger partial charge in [-0.15, -0.1) is 0 Å². The normalized spacial score (nSPS) is 23.0. The number of imide groups is 1. The van der Waals surface area contributed by atoms with Gasteiger partial charge in [-0.25, -0.2) is 0 Å². The van der Waals surface area contributed by atoms with Crippen molar-refractivity contribution in [2.24, 2.45) is 17.8 Å². The number of benzene rings is 3. The summed E-state index contributed by atoms with van der Waals surface area (Å²) in [7, 11) is 3.21. The number of ketones is 2. The number of carbonyl (C=O) groups excluding carboxylic acids is 4. The van der Waals surface area contributed by atoms with Gasteiger partial charge in [-0.2, -0.15) is 0 Å². The number of hydrogen-bond acceptors (Lipinski definition) is 8. The SMILES string of the molecule is COc1ccc(OC)c(C=Cc2ccc(N3C(=O)[C@H]4[C@H](CC=C5[C@H](c6ccccc6OCCO)C6=C(C[C@H]54)C(=O)C(C)=CC6=O)C3=O)cc2)c1. The summed E-state index contributed by atoms with van der Waals surface area (Å²) < 4.78 is 16.7. The number of carbonyl (C=O) groups is 4. The molecule has 9 heteroatoms. The van der Waals surface area contributed by atoms with Crippen molar-refractivity contribution in [3.63, 3.8) is 0 Å². The summed E-state index contributed by atoms with van der Waals surface area (Å²) in [5.41, 5.74) is 4.84. The Labute approximate surface area is 290 Å². The topological polar surface area (TPSA) is 119 Å². The van der Waals surface area contributed by atoms with Crippen molar-refractivity contribution in [2.45, 2.75) is 25.7 Å². The fraction of sp³-hybridized carbons (Fsp3) is 0.268. The molecule has 0 radical (unpaired) electrons. The number of anilines is 1. The first-order valence-corrected chi connectivity index (χ1v) is 16.7. The third kappa shape index (κ3) is 5.57. The van der Waals surface area contributed by atoms with Gasteiger partial charge in [-0.05, 0) is 73.7 Å². The second-order valence-corrected chi connectivity index (χ2v) is 12.9. The van der Waals surface area contributed by atoms with E-state index >= 15 is 0 Å². The van der Waals surface area contributed by atoms with Crippen LogP contribution in [0.2, 0.25) is 0 Å². The third-order valence-corrected chi connectivity index (χ3v) is 10.2. The minimum Gasteiger partial charge on any atom is -0.497 e. The predicted octanol–water partition coefficient (Wildman–Crippen LogP) is 5.88. The zero-order chi connectivity index (χ0) is 35.1. The van der Waals surface area contributed by atoms with Crippen molar-refractivity contribution in [1.82, 2.24) is 0 Å². The molecule has 50 heavy (non-hydrogen) atoms. The first-order chi connectivity index (χ1) is 24.2. The van der Waals surface area contributed by atoms with Gasteiger partial charge in [-0.3, -0.25) is 24.1 Å². The highest BCUT2D eigenvalue weighted by Crippen LogP contribution is 2.56. The first-order valence-electron chi connectivity index (χ1n) is 16.7. The Kier molecular flexibility index (Phi) is 8.84. The molecule has 254 valence electrons. The number of nitrogens with zero attached hydrogens (tertiary/aromatic N) is 1. The van der Waals surface area contributed by atoms with Crippen LogP contribution in [-0.2, 0) is 19.2 Å². The van der Waals surface area contributed by atoms with E-state index < -0.39 is 23.7 Å². The molecule has 1 heterocycles. The van der Waals surface area contributed by atoms with Crippen molar-refractivity contribution in [1.29, 1.82) is 0 Å². The molecule has 2 amide bonds. The van der Waals surface area contributed by atoms with Crippen LogP contribution in [0.15, 0.2) is 101 Å². The number of para-hydroxylation sites is 1. The number of Topliss-reactive ketones (excluding diaryl/α,β-unsaturated/α-hetero) is 1. The summed E-state index contributed by atoms with van der Waals surface area (Å²) in [6.45, 7) is 1.49. The van der Waals surface area contributed by atoms with Gasteiger partial charge in [0, 0.05) is 33.8 Å². The third-order valence-electron chi connectivity index (χ3n) is 10.2. The maximum Gasteiger partial charge on any atom is 0.238 e. The van der Waals surface area contributed by atoms with Gasteiger partial charge in [0.2, 0.25) is 11.8 Å². The summed E-state index contributed by atoms with van der Waals surface area (Å²) in [4.78, 5) is 56.9. The van der Waals surface area contributed by atoms with Crippen LogP contribution >= 0.6 is 0 Å². The standard InChI is InChI=1S/C41H37NO8/c1-23-20-33(44)38-32(39(23)45)22-31-28(36(38)29-6-4-5-7-35(29)50-19-18-43)15-16-30-37(31)41(47)42(40(30)46)26-12-9-24(10-13-26)8-11-25-21-27(48-2)14-17-34(25)49-3/h4-15,17,20-21,30-31,36-37,43H,16,18-19,22H2,1-3H3/t30-,31+,36+,37-/m0/s1. The first kappa shape index (κ1) is 33.0. The van der Waals surface area contributed by atoms with E-state index in [4.69, 9.17) is 14.2 Å². The highest BCUT2D eigenvalue weighted by molar-refractivity contribution is 6.25. The molecular formula is C41H37NO8. The zero-order valence-electron chi connectivity index (χ0n) is 28.1. The van der Waals surface area contributed by atoms with E-state index in [9.17, 15) is 24.3 Å². The predicted molar refractivity (Wildman–Crippen MR) is 188 cm³/mol. The van der Waals surface area contributed by atoms with Crippen molar-refractivity contribution in [3.8, 4) is 17.2 Å². The van der Waals surface area contributed by atoms with Crippen molar-refractivity contribution < 1.29 is 38.5 Å². The Morgan fingerprint density at radius 1 is 0.880 bits per heavy atom. The molecule has 3 aromatic rings. The van der Waals surface area contributed by atoms with Gasteiger partial charge in [0.25, 0.3) is 0 Å². The molecular weight excluding hydrogens is 634 g/mol. The van der Waals surface area contributed by atoms with E-state index in [0.29, 0.717) is 51.6 Å². The number of allylic oxidation sites excluding steroid dienone is 6. The molecule has 0 saturated carbocycles. The Balaban J connectivity index is 1.21. The molecule has 3 aliphatic carbocycles. The van der Waals surface area contributed by atoms with Crippen LogP contribution in [0, 0.1) is 17.8 Å². The van der Waals surface area contributed by atoms with E-state index in [0.717, 1.165) is 16.7 Å². The van der Waals surface area contributed by atoms with Crippen molar-refractivity contribution >= 4 is 41.2 Å². The molecule has 1 saturated heterocycles. The molecule has 0 bridgehead atoms. The molecule has 0 aromatic heterocycles. The van der Waals surface area contributed by atoms with Crippen LogP contribution in [-0.4, -0.2) is 55.9 Å². The number of methoxy groups -OCH3 is 2. The average molecular weight is 672 g/mol. The molecule has 0 spiro atoms. The summed E-state index contributed by atoms with van der Waals surface area (Å²) >= 11 is 0. The summed E-state index contributed by atoms with van der Waals surface area (Å²) in [5.74, 6) is -1.54. The van der Waals surface area contributed by atoms with Crippen molar-refractivity contribution in [3.05, 3.63) is 118 Å². The van der Waals surface area contributed by atoms with Crippen molar-refractivity contribution in [2.75, 3.05) is 32.3 Å². The molecule has 1 fully saturated rings. The van der Waals surface area contributed by atoms with Gasteiger partial charge in [0.15, 0.2) is 11.6 Å². The summed E-state index contributed by atoms with van der Waals surface area (Å²) in [5, 5.41) is 9.47. The Morgan fingerprint density at radius 3 is 2.40 bits per heavy atom. The van der Waals surface area contributed by atoms with Gasteiger partial charge in [-0.1, -0.05) is 54.1 Å². The molecule has 1 N–H and O–H groups in total. The Morgan fingerprint density at radius 2 is 1.66 bits per heavy atom. The largest absolute Gasteiger partial charge is 0.497 e. The summed E-state index contributed by atoms with van der Waals surface area (Å²) in [6.07, 6.45) is 7.72. The number of amides is 2. The lowest BCUT2D eigenvalue weighted by molar-refractivity contribution is -0.123.